The Kier molecular flexibility index (Phi) is 4.68. The van der Waals surface area contributed by atoms with E-state index in [9.17, 15) is 4.79 Å². The van der Waals surface area contributed by atoms with Gasteiger partial charge in [0.05, 0.1) is 30.3 Å². The van der Waals surface area contributed by atoms with Crippen LogP contribution in [0, 0.1) is 20.8 Å². The Morgan fingerprint density at radius 3 is 2.70 bits per heavy atom. The van der Waals surface area contributed by atoms with Crippen LogP contribution in [0.25, 0.3) is 0 Å². The van der Waals surface area contributed by atoms with Gasteiger partial charge in [-0.15, -0.1) is 11.3 Å². The third-order valence-electron chi connectivity index (χ3n) is 3.71. The summed E-state index contributed by atoms with van der Waals surface area (Å²) < 4.78 is 5.78. The average Bonchev–Trinajstić information content (AvgIpc) is 2.91. The molecule has 23 heavy (non-hydrogen) atoms. The van der Waals surface area contributed by atoms with E-state index in [1.807, 2.05) is 37.1 Å². The summed E-state index contributed by atoms with van der Waals surface area (Å²) in [4.78, 5) is 27.6. The molecule has 0 aliphatic carbocycles. The largest absolute Gasteiger partial charge is 0.367 e. The molecular formula is C16H20N4O2S. The van der Waals surface area contributed by atoms with E-state index in [1.54, 1.807) is 11.3 Å². The molecule has 1 aliphatic rings. The van der Waals surface area contributed by atoms with E-state index >= 15 is 0 Å². The summed E-state index contributed by atoms with van der Waals surface area (Å²) in [5, 5.41) is 2.93. The minimum Gasteiger partial charge on any atom is -0.367 e. The molecule has 6 nitrogen and oxygen atoms in total. The lowest BCUT2D eigenvalue weighted by Crippen LogP contribution is -2.43. The maximum absolute atomic E-state index is 12.5. The molecule has 1 amide bonds. The quantitative estimate of drug-likeness (QED) is 0.860. The van der Waals surface area contributed by atoms with Crippen molar-refractivity contribution in [1.82, 2.24) is 19.9 Å². The van der Waals surface area contributed by atoms with Crippen molar-refractivity contribution in [2.45, 2.75) is 33.3 Å². The highest BCUT2D eigenvalue weighted by molar-refractivity contribution is 7.09. The van der Waals surface area contributed by atoms with Gasteiger partial charge in [-0.3, -0.25) is 4.79 Å². The summed E-state index contributed by atoms with van der Waals surface area (Å²) in [5.74, 6) is 0.734. The zero-order valence-electron chi connectivity index (χ0n) is 13.6. The number of morpholine rings is 1. The monoisotopic (exact) mass is 332 g/mol. The van der Waals surface area contributed by atoms with E-state index in [2.05, 4.69) is 15.0 Å². The number of thiazole rings is 1. The highest BCUT2D eigenvalue weighted by atomic mass is 32.1. The first-order valence-electron chi connectivity index (χ1n) is 7.64. The van der Waals surface area contributed by atoms with Crippen LogP contribution in [0.5, 0.6) is 0 Å². The first-order valence-corrected chi connectivity index (χ1v) is 8.52. The first-order chi connectivity index (χ1) is 11.0. The number of nitrogens with zero attached hydrogens (tertiary/aromatic N) is 4. The van der Waals surface area contributed by atoms with E-state index in [0.717, 1.165) is 22.1 Å². The fraction of sp³-hybridized carbons (Fsp3) is 0.500. The zero-order valence-corrected chi connectivity index (χ0v) is 14.4. The van der Waals surface area contributed by atoms with Gasteiger partial charge in [-0.25, -0.2) is 15.0 Å². The second-order valence-corrected chi connectivity index (χ2v) is 6.80. The van der Waals surface area contributed by atoms with Crippen LogP contribution >= 0.6 is 11.3 Å². The topological polar surface area (TPSA) is 68.2 Å². The number of carbonyl (C=O) groups is 1. The summed E-state index contributed by atoms with van der Waals surface area (Å²) in [6.07, 6.45) is 0.0774. The molecule has 0 aromatic carbocycles. The maximum Gasteiger partial charge on any atom is 0.228 e. The van der Waals surface area contributed by atoms with Crippen LogP contribution < -0.4 is 0 Å². The Morgan fingerprint density at radius 2 is 2.04 bits per heavy atom. The van der Waals surface area contributed by atoms with Gasteiger partial charge in [-0.05, 0) is 26.8 Å². The van der Waals surface area contributed by atoms with Crippen LogP contribution in [0.15, 0.2) is 11.4 Å². The Balaban J connectivity index is 1.69. The lowest BCUT2D eigenvalue weighted by molar-refractivity contribution is -0.138. The van der Waals surface area contributed by atoms with Crippen LogP contribution in [0.1, 0.15) is 34.0 Å². The smallest absolute Gasteiger partial charge is 0.228 e. The number of amides is 1. The van der Waals surface area contributed by atoms with Gasteiger partial charge in [-0.1, -0.05) is 0 Å². The molecule has 3 heterocycles. The normalized spacial score (nSPS) is 18.2. The van der Waals surface area contributed by atoms with E-state index in [-0.39, 0.29) is 12.0 Å². The van der Waals surface area contributed by atoms with Gasteiger partial charge >= 0.3 is 0 Å². The second kappa shape index (κ2) is 6.72. The van der Waals surface area contributed by atoms with Crippen molar-refractivity contribution in [1.29, 1.82) is 0 Å². The number of ether oxygens (including phenoxy) is 1. The minimum absolute atomic E-state index is 0.0768. The fourth-order valence-corrected chi connectivity index (χ4v) is 3.30. The number of aryl methyl sites for hydroxylation is 3. The number of carbonyl (C=O) groups excluding carboxylic acids is 1. The zero-order chi connectivity index (χ0) is 16.4. The van der Waals surface area contributed by atoms with Crippen LogP contribution in [-0.4, -0.2) is 45.5 Å². The third kappa shape index (κ3) is 3.92. The molecule has 3 rings (SSSR count). The molecule has 2 aromatic heterocycles. The number of aromatic nitrogens is 3. The molecule has 2 aromatic rings. The lowest BCUT2D eigenvalue weighted by Gasteiger charge is -2.32. The molecule has 0 unspecified atom stereocenters. The van der Waals surface area contributed by atoms with Crippen molar-refractivity contribution in [2.75, 3.05) is 19.7 Å². The molecule has 0 spiro atoms. The van der Waals surface area contributed by atoms with Gasteiger partial charge in [0.1, 0.15) is 6.10 Å². The van der Waals surface area contributed by atoms with Crippen molar-refractivity contribution < 1.29 is 9.53 Å². The Bertz CT molecular complexity index is 696. The standard InChI is InChI=1S/C16H20N4O2S/c1-10-6-11(2)18-16(17-10)14-8-20(4-5-22-14)15(21)7-13-9-23-12(3)19-13/h6,9,14H,4-5,7-8H2,1-3H3/t14-/m0/s1. The van der Waals surface area contributed by atoms with Crippen molar-refractivity contribution in [3.8, 4) is 0 Å². The predicted octanol–water partition coefficient (Wildman–Crippen LogP) is 2.00. The summed E-state index contributed by atoms with van der Waals surface area (Å²) >= 11 is 1.57. The second-order valence-electron chi connectivity index (χ2n) is 5.74. The highest BCUT2D eigenvalue weighted by Crippen LogP contribution is 2.21. The van der Waals surface area contributed by atoms with Gasteiger partial charge in [0.15, 0.2) is 5.82 Å². The van der Waals surface area contributed by atoms with E-state index < -0.39 is 0 Å². The summed E-state index contributed by atoms with van der Waals surface area (Å²) in [7, 11) is 0. The molecule has 1 aliphatic heterocycles. The maximum atomic E-state index is 12.5. The minimum atomic E-state index is -0.261. The highest BCUT2D eigenvalue weighted by Gasteiger charge is 2.27. The predicted molar refractivity (Wildman–Crippen MR) is 87.3 cm³/mol. The molecule has 0 N–H and O–H groups in total. The summed E-state index contributed by atoms with van der Waals surface area (Å²) in [5.41, 5.74) is 2.66. The van der Waals surface area contributed by atoms with Gasteiger partial charge < -0.3 is 9.64 Å². The van der Waals surface area contributed by atoms with Gasteiger partial charge in [0, 0.05) is 23.3 Å². The Morgan fingerprint density at radius 1 is 1.30 bits per heavy atom. The van der Waals surface area contributed by atoms with E-state index in [0.29, 0.717) is 31.9 Å². The molecule has 0 radical (unpaired) electrons. The number of hydrogen-bond acceptors (Lipinski definition) is 6. The number of rotatable bonds is 3. The van der Waals surface area contributed by atoms with Crippen LogP contribution in [-0.2, 0) is 16.0 Å². The van der Waals surface area contributed by atoms with E-state index in [4.69, 9.17) is 4.74 Å². The Hall–Kier alpha value is -1.86. The van der Waals surface area contributed by atoms with Crippen molar-refractivity contribution >= 4 is 17.2 Å². The average molecular weight is 332 g/mol. The fourth-order valence-electron chi connectivity index (χ4n) is 2.69. The lowest BCUT2D eigenvalue weighted by atomic mass is 10.2. The molecule has 0 bridgehead atoms. The molecule has 1 atom stereocenters. The van der Waals surface area contributed by atoms with Crippen LogP contribution in [0.2, 0.25) is 0 Å². The van der Waals surface area contributed by atoms with Gasteiger partial charge in [0.2, 0.25) is 5.91 Å². The summed E-state index contributed by atoms with van der Waals surface area (Å²) in [6, 6.07) is 1.93. The van der Waals surface area contributed by atoms with Crippen molar-refractivity contribution in [3.63, 3.8) is 0 Å². The van der Waals surface area contributed by atoms with Gasteiger partial charge in [-0.2, -0.15) is 0 Å². The molecule has 1 saturated heterocycles. The third-order valence-corrected chi connectivity index (χ3v) is 4.53. The van der Waals surface area contributed by atoms with Crippen molar-refractivity contribution in [2.24, 2.45) is 0 Å². The van der Waals surface area contributed by atoms with Crippen molar-refractivity contribution in [3.05, 3.63) is 39.4 Å². The molecule has 0 saturated carbocycles. The molecule has 7 heteroatoms. The van der Waals surface area contributed by atoms with Crippen LogP contribution in [0.4, 0.5) is 0 Å². The summed E-state index contributed by atoms with van der Waals surface area (Å²) in [6.45, 7) is 7.42. The van der Waals surface area contributed by atoms with E-state index in [1.165, 1.54) is 0 Å². The molecule has 122 valence electrons. The number of hydrogen-bond donors (Lipinski definition) is 0. The first kappa shape index (κ1) is 16.0. The molecule has 1 fully saturated rings. The Labute approximate surface area is 139 Å². The van der Waals surface area contributed by atoms with Gasteiger partial charge in [0.25, 0.3) is 0 Å². The van der Waals surface area contributed by atoms with Crippen LogP contribution in [0.3, 0.4) is 0 Å². The SMILES string of the molecule is Cc1cc(C)nc([C@@H]2CN(C(=O)Cc3csc(C)n3)CCO2)n1. The molecular weight excluding hydrogens is 312 g/mol.